The van der Waals surface area contributed by atoms with Gasteiger partial charge in [0.25, 0.3) is 5.91 Å². The zero-order chi connectivity index (χ0) is 13.5. The fourth-order valence-electron chi connectivity index (χ4n) is 2.20. The van der Waals surface area contributed by atoms with Crippen molar-refractivity contribution in [2.75, 3.05) is 0 Å². The number of nitrogens with one attached hydrogen (secondary N) is 1. The van der Waals surface area contributed by atoms with Gasteiger partial charge in [-0.05, 0) is 25.0 Å². The smallest absolute Gasteiger partial charge is 0.272 e. The predicted molar refractivity (Wildman–Crippen MR) is 76.8 cm³/mol. The van der Waals surface area contributed by atoms with Crippen molar-refractivity contribution < 1.29 is 4.79 Å². The molecule has 0 spiro atoms. The lowest BCUT2D eigenvalue weighted by Gasteiger charge is -2.04. The second kappa shape index (κ2) is 4.42. The number of hydrogen-bond donors (Lipinski definition) is 1. The standard InChI is InChI=1S/C14H12N4OS/c19-13(16-10-3-4-10)11-12(9-2-1-5-15-8-9)18-6-7-20-14(18)17-11/h1-2,5-8,10H,3-4H2,(H,16,19). The van der Waals surface area contributed by atoms with Crippen LogP contribution in [0.2, 0.25) is 0 Å². The molecule has 0 radical (unpaired) electrons. The first-order chi connectivity index (χ1) is 9.83. The molecule has 6 heteroatoms. The lowest BCUT2D eigenvalue weighted by molar-refractivity contribution is 0.0947. The highest BCUT2D eigenvalue weighted by atomic mass is 32.1. The molecule has 100 valence electrons. The number of carbonyl (C=O) groups is 1. The number of fused-ring (bicyclic) bond motifs is 1. The van der Waals surface area contributed by atoms with E-state index >= 15 is 0 Å². The van der Waals surface area contributed by atoms with E-state index in [1.165, 1.54) is 11.3 Å². The number of rotatable bonds is 3. The van der Waals surface area contributed by atoms with Gasteiger partial charge < -0.3 is 5.32 Å². The van der Waals surface area contributed by atoms with Crippen molar-refractivity contribution >= 4 is 22.2 Å². The van der Waals surface area contributed by atoms with E-state index in [-0.39, 0.29) is 5.91 Å². The summed E-state index contributed by atoms with van der Waals surface area (Å²) in [4.78, 5) is 21.8. The van der Waals surface area contributed by atoms with Gasteiger partial charge in [0.05, 0.1) is 5.69 Å². The third kappa shape index (κ3) is 1.89. The van der Waals surface area contributed by atoms with Gasteiger partial charge in [-0.15, -0.1) is 11.3 Å². The van der Waals surface area contributed by atoms with Crippen LogP contribution in [0.5, 0.6) is 0 Å². The molecule has 3 aromatic rings. The highest BCUT2D eigenvalue weighted by molar-refractivity contribution is 7.15. The molecule has 4 rings (SSSR count). The van der Waals surface area contributed by atoms with E-state index in [0.29, 0.717) is 11.7 Å². The molecule has 1 N–H and O–H groups in total. The SMILES string of the molecule is O=C(NC1CC1)c1nc2sccn2c1-c1cccnc1. The summed E-state index contributed by atoms with van der Waals surface area (Å²) in [5.41, 5.74) is 2.20. The Balaban J connectivity index is 1.87. The van der Waals surface area contributed by atoms with Gasteiger partial charge in [-0.2, -0.15) is 0 Å². The number of nitrogens with zero attached hydrogens (tertiary/aromatic N) is 3. The molecule has 0 atom stereocenters. The van der Waals surface area contributed by atoms with Gasteiger partial charge in [0, 0.05) is 35.6 Å². The van der Waals surface area contributed by atoms with Crippen molar-refractivity contribution in [3.8, 4) is 11.3 Å². The Morgan fingerprint density at radius 1 is 1.45 bits per heavy atom. The zero-order valence-electron chi connectivity index (χ0n) is 10.6. The van der Waals surface area contributed by atoms with E-state index in [1.807, 2.05) is 28.1 Å². The lowest BCUT2D eigenvalue weighted by Crippen LogP contribution is -2.26. The van der Waals surface area contributed by atoms with Crippen LogP contribution >= 0.6 is 11.3 Å². The van der Waals surface area contributed by atoms with Gasteiger partial charge in [0.2, 0.25) is 0 Å². The molecule has 1 aliphatic carbocycles. The molecule has 1 fully saturated rings. The molecule has 20 heavy (non-hydrogen) atoms. The van der Waals surface area contributed by atoms with E-state index in [9.17, 15) is 4.79 Å². The Morgan fingerprint density at radius 3 is 3.10 bits per heavy atom. The Morgan fingerprint density at radius 2 is 2.35 bits per heavy atom. The molecule has 3 heterocycles. The van der Waals surface area contributed by atoms with Crippen LogP contribution in [-0.4, -0.2) is 26.3 Å². The minimum absolute atomic E-state index is 0.0951. The number of imidazole rings is 1. The first-order valence-corrected chi connectivity index (χ1v) is 7.38. The summed E-state index contributed by atoms with van der Waals surface area (Å²) in [7, 11) is 0. The maximum atomic E-state index is 12.4. The van der Waals surface area contributed by atoms with Crippen molar-refractivity contribution in [2.45, 2.75) is 18.9 Å². The van der Waals surface area contributed by atoms with E-state index in [1.54, 1.807) is 12.4 Å². The number of aromatic nitrogens is 3. The fourth-order valence-corrected chi connectivity index (χ4v) is 2.92. The maximum absolute atomic E-state index is 12.4. The summed E-state index contributed by atoms with van der Waals surface area (Å²) in [6.07, 6.45) is 7.55. The molecular weight excluding hydrogens is 272 g/mol. The van der Waals surface area contributed by atoms with Crippen LogP contribution in [0.25, 0.3) is 16.2 Å². The molecule has 3 aromatic heterocycles. The van der Waals surface area contributed by atoms with Crippen LogP contribution in [0.3, 0.4) is 0 Å². The van der Waals surface area contributed by atoms with Crippen LogP contribution < -0.4 is 5.32 Å². The van der Waals surface area contributed by atoms with Gasteiger partial charge >= 0.3 is 0 Å². The molecule has 1 saturated carbocycles. The van der Waals surface area contributed by atoms with Gasteiger partial charge in [0.15, 0.2) is 10.7 Å². The Kier molecular flexibility index (Phi) is 2.56. The Bertz CT molecular complexity index is 773. The number of thiazole rings is 1. The van der Waals surface area contributed by atoms with E-state index < -0.39 is 0 Å². The number of pyridine rings is 1. The van der Waals surface area contributed by atoms with Crippen molar-refractivity contribution in [2.24, 2.45) is 0 Å². The molecule has 1 aliphatic rings. The first-order valence-electron chi connectivity index (χ1n) is 6.50. The van der Waals surface area contributed by atoms with Gasteiger partial charge in [0.1, 0.15) is 0 Å². The summed E-state index contributed by atoms with van der Waals surface area (Å²) in [6, 6.07) is 4.13. The van der Waals surface area contributed by atoms with Crippen molar-refractivity contribution in [1.29, 1.82) is 0 Å². The molecule has 0 aromatic carbocycles. The summed E-state index contributed by atoms with van der Waals surface area (Å²) < 4.78 is 1.95. The molecular formula is C14H12N4OS. The lowest BCUT2D eigenvalue weighted by atomic mass is 10.1. The Hall–Kier alpha value is -2.21. The summed E-state index contributed by atoms with van der Waals surface area (Å²) in [6.45, 7) is 0. The highest BCUT2D eigenvalue weighted by Crippen LogP contribution is 2.28. The van der Waals surface area contributed by atoms with E-state index in [0.717, 1.165) is 29.1 Å². The average molecular weight is 284 g/mol. The fraction of sp³-hybridized carbons (Fsp3) is 0.214. The van der Waals surface area contributed by atoms with Gasteiger partial charge in [-0.25, -0.2) is 4.98 Å². The second-order valence-corrected chi connectivity index (χ2v) is 5.73. The predicted octanol–water partition coefficient (Wildman–Crippen LogP) is 2.35. The molecule has 0 aliphatic heterocycles. The average Bonchev–Trinajstić information content (AvgIpc) is 3.03. The van der Waals surface area contributed by atoms with E-state index in [2.05, 4.69) is 15.3 Å². The number of carbonyl (C=O) groups excluding carboxylic acids is 1. The monoisotopic (exact) mass is 284 g/mol. The first kappa shape index (κ1) is 11.6. The molecule has 1 amide bonds. The summed E-state index contributed by atoms with van der Waals surface area (Å²) in [5.74, 6) is -0.0951. The van der Waals surface area contributed by atoms with Crippen molar-refractivity contribution in [3.05, 3.63) is 41.8 Å². The summed E-state index contributed by atoms with van der Waals surface area (Å²) in [5, 5.41) is 4.96. The third-order valence-corrected chi connectivity index (χ3v) is 4.08. The molecule has 0 saturated heterocycles. The number of hydrogen-bond acceptors (Lipinski definition) is 4. The van der Waals surface area contributed by atoms with Crippen LogP contribution in [0.1, 0.15) is 23.3 Å². The minimum Gasteiger partial charge on any atom is -0.348 e. The zero-order valence-corrected chi connectivity index (χ0v) is 11.4. The molecule has 5 nitrogen and oxygen atoms in total. The molecule has 0 bridgehead atoms. The van der Waals surface area contributed by atoms with Crippen LogP contribution in [0.4, 0.5) is 0 Å². The quantitative estimate of drug-likeness (QED) is 0.803. The molecule has 0 unspecified atom stereocenters. The minimum atomic E-state index is -0.0951. The third-order valence-electron chi connectivity index (χ3n) is 3.32. The second-order valence-electron chi connectivity index (χ2n) is 4.85. The van der Waals surface area contributed by atoms with Crippen LogP contribution in [0.15, 0.2) is 36.1 Å². The summed E-state index contributed by atoms with van der Waals surface area (Å²) >= 11 is 1.52. The van der Waals surface area contributed by atoms with Crippen LogP contribution in [0, 0.1) is 0 Å². The Labute approximate surface area is 119 Å². The number of amides is 1. The topological polar surface area (TPSA) is 59.3 Å². The largest absolute Gasteiger partial charge is 0.348 e. The highest BCUT2D eigenvalue weighted by Gasteiger charge is 2.27. The van der Waals surface area contributed by atoms with E-state index in [4.69, 9.17) is 0 Å². The van der Waals surface area contributed by atoms with Crippen LogP contribution in [-0.2, 0) is 0 Å². The van der Waals surface area contributed by atoms with Gasteiger partial charge in [-0.1, -0.05) is 0 Å². The van der Waals surface area contributed by atoms with Gasteiger partial charge in [-0.3, -0.25) is 14.2 Å². The maximum Gasteiger partial charge on any atom is 0.272 e. The van der Waals surface area contributed by atoms with Crippen molar-refractivity contribution in [3.63, 3.8) is 0 Å². The van der Waals surface area contributed by atoms with Crippen molar-refractivity contribution in [1.82, 2.24) is 19.7 Å². The normalized spacial score (nSPS) is 14.6.